The zero-order chi connectivity index (χ0) is 11.8. The van der Waals surface area contributed by atoms with Crippen LogP contribution in [0.1, 0.15) is 33.1 Å². The van der Waals surface area contributed by atoms with Crippen molar-refractivity contribution in [2.24, 2.45) is 5.92 Å². The average Bonchev–Trinajstić information content (AvgIpc) is 2.74. The first kappa shape index (κ1) is 13.3. The van der Waals surface area contributed by atoms with Gasteiger partial charge in [0.15, 0.2) is 0 Å². The van der Waals surface area contributed by atoms with Gasteiger partial charge in [-0.2, -0.15) is 0 Å². The third-order valence-electron chi connectivity index (χ3n) is 2.67. The van der Waals surface area contributed by atoms with Crippen molar-refractivity contribution in [2.45, 2.75) is 33.1 Å². The Hall–Kier alpha value is -0.770. The van der Waals surface area contributed by atoms with Crippen LogP contribution in [-0.2, 0) is 4.74 Å². The third kappa shape index (κ3) is 5.95. The Morgan fingerprint density at radius 1 is 1.38 bits per heavy atom. The maximum atomic E-state index is 11.2. The number of ether oxygens (including phenoxy) is 1. The van der Waals surface area contributed by atoms with Crippen LogP contribution in [0, 0.1) is 5.92 Å². The lowest BCUT2D eigenvalue weighted by molar-refractivity contribution is 0.132. The lowest BCUT2D eigenvalue weighted by atomic mass is 10.2. The fourth-order valence-electron chi connectivity index (χ4n) is 1.79. The second-order valence-electron chi connectivity index (χ2n) is 4.82. The summed E-state index contributed by atoms with van der Waals surface area (Å²) in [6.45, 7) is 8.80. The largest absolute Gasteiger partial charge is 0.449 e. The molecule has 1 fully saturated rings. The van der Waals surface area contributed by atoms with E-state index in [0.29, 0.717) is 19.1 Å². The lowest BCUT2D eigenvalue weighted by Gasteiger charge is -2.14. The van der Waals surface area contributed by atoms with Crippen molar-refractivity contribution in [3.8, 4) is 0 Å². The molecule has 0 saturated carbocycles. The number of hydrogen-bond donors (Lipinski definition) is 1. The number of carbonyl (C=O) groups is 1. The molecule has 0 unspecified atom stereocenters. The molecule has 1 aliphatic rings. The molecule has 0 aromatic rings. The molecule has 16 heavy (non-hydrogen) atoms. The maximum absolute atomic E-state index is 11.2. The van der Waals surface area contributed by atoms with Crippen LogP contribution in [0.5, 0.6) is 0 Å². The summed E-state index contributed by atoms with van der Waals surface area (Å²) in [5, 5.41) is 2.77. The molecule has 0 radical (unpaired) electrons. The maximum Gasteiger partial charge on any atom is 0.407 e. The fourth-order valence-corrected chi connectivity index (χ4v) is 1.79. The molecular weight excluding hydrogens is 204 g/mol. The van der Waals surface area contributed by atoms with Gasteiger partial charge in [-0.05, 0) is 44.8 Å². The van der Waals surface area contributed by atoms with E-state index in [0.717, 1.165) is 13.0 Å². The Kier molecular flexibility index (Phi) is 6.23. The van der Waals surface area contributed by atoms with Crippen molar-refractivity contribution in [2.75, 3.05) is 32.8 Å². The van der Waals surface area contributed by atoms with Crippen molar-refractivity contribution < 1.29 is 9.53 Å². The highest BCUT2D eigenvalue weighted by atomic mass is 16.5. The summed E-state index contributed by atoms with van der Waals surface area (Å²) >= 11 is 0. The predicted molar refractivity (Wildman–Crippen MR) is 64.5 cm³/mol. The van der Waals surface area contributed by atoms with E-state index in [1.807, 2.05) is 13.8 Å². The quantitative estimate of drug-likeness (QED) is 0.705. The molecule has 1 heterocycles. The second kappa shape index (κ2) is 7.49. The summed E-state index contributed by atoms with van der Waals surface area (Å²) in [5.74, 6) is 0.398. The number of carbonyl (C=O) groups excluding carboxylic acids is 1. The van der Waals surface area contributed by atoms with E-state index < -0.39 is 0 Å². The van der Waals surface area contributed by atoms with Gasteiger partial charge in [0.2, 0.25) is 0 Å². The van der Waals surface area contributed by atoms with Crippen molar-refractivity contribution in [3.05, 3.63) is 0 Å². The van der Waals surface area contributed by atoms with Crippen LogP contribution in [-0.4, -0.2) is 43.8 Å². The minimum absolute atomic E-state index is 0.282. The topological polar surface area (TPSA) is 41.6 Å². The molecule has 1 rings (SSSR count). The van der Waals surface area contributed by atoms with Gasteiger partial charge in [0, 0.05) is 6.54 Å². The van der Waals surface area contributed by atoms with Gasteiger partial charge in [0.25, 0.3) is 0 Å². The number of alkyl carbamates (subject to hydrolysis) is 1. The SMILES string of the molecule is CC(C)COC(=O)NCCCN1CCCC1. The van der Waals surface area contributed by atoms with Crippen LogP contribution in [0.3, 0.4) is 0 Å². The summed E-state index contributed by atoms with van der Waals surface area (Å²) in [4.78, 5) is 13.6. The van der Waals surface area contributed by atoms with Crippen molar-refractivity contribution in [3.63, 3.8) is 0 Å². The minimum atomic E-state index is -0.282. The molecule has 4 nitrogen and oxygen atoms in total. The van der Waals surface area contributed by atoms with E-state index in [1.165, 1.54) is 25.9 Å². The summed E-state index contributed by atoms with van der Waals surface area (Å²) in [6, 6.07) is 0. The van der Waals surface area contributed by atoms with Crippen LogP contribution in [0.15, 0.2) is 0 Å². The molecule has 0 aromatic heterocycles. The molecule has 94 valence electrons. The summed E-state index contributed by atoms with van der Waals surface area (Å²) < 4.78 is 5.01. The van der Waals surface area contributed by atoms with Gasteiger partial charge >= 0.3 is 6.09 Å². The first-order chi connectivity index (χ1) is 7.68. The third-order valence-corrected chi connectivity index (χ3v) is 2.67. The molecule has 4 heteroatoms. The van der Waals surface area contributed by atoms with Gasteiger partial charge in [-0.3, -0.25) is 0 Å². The molecule has 1 aliphatic heterocycles. The summed E-state index contributed by atoms with van der Waals surface area (Å²) in [7, 11) is 0. The molecular formula is C12H24N2O2. The summed E-state index contributed by atoms with van der Waals surface area (Å²) in [6.07, 6.45) is 3.37. The molecule has 0 atom stereocenters. The number of nitrogens with one attached hydrogen (secondary N) is 1. The zero-order valence-corrected chi connectivity index (χ0v) is 10.5. The molecule has 1 amide bonds. The number of amides is 1. The Morgan fingerprint density at radius 2 is 2.06 bits per heavy atom. The fraction of sp³-hybridized carbons (Fsp3) is 0.917. The van der Waals surface area contributed by atoms with Gasteiger partial charge < -0.3 is 15.0 Å². The number of nitrogens with zero attached hydrogens (tertiary/aromatic N) is 1. The van der Waals surface area contributed by atoms with Gasteiger partial charge in [-0.25, -0.2) is 4.79 Å². The van der Waals surface area contributed by atoms with E-state index in [1.54, 1.807) is 0 Å². The Balaban J connectivity index is 1.91. The van der Waals surface area contributed by atoms with E-state index in [2.05, 4.69) is 10.2 Å². The average molecular weight is 228 g/mol. The standard InChI is InChI=1S/C12H24N2O2/c1-11(2)10-16-12(15)13-6-5-9-14-7-3-4-8-14/h11H,3-10H2,1-2H3,(H,13,15). The van der Waals surface area contributed by atoms with Gasteiger partial charge in [-0.1, -0.05) is 13.8 Å². The van der Waals surface area contributed by atoms with Crippen LogP contribution in [0.2, 0.25) is 0 Å². The minimum Gasteiger partial charge on any atom is -0.449 e. The number of hydrogen-bond acceptors (Lipinski definition) is 3. The highest BCUT2D eigenvalue weighted by Crippen LogP contribution is 2.06. The monoisotopic (exact) mass is 228 g/mol. The van der Waals surface area contributed by atoms with Crippen LogP contribution in [0.25, 0.3) is 0 Å². The van der Waals surface area contributed by atoms with Gasteiger partial charge in [-0.15, -0.1) is 0 Å². The highest BCUT2D eigenvalue weighted by molar-refractivity contribution is 5.66. The van der Waals surface area contributed by atoms with Crippen LogP contribution in [0.4, 0.5) is 4.79 Å². The van der Waals surface area contributed by atoms with Crippen LogP contribution >= 0.6 is 0 Å². The van der Waals surface area contributed by atoms with E-state index in [-0.39, 0.29) is 6.09 Å². The van der Waals surface area contributed by atoms with E-state index in [9.17, 15) is 4.79 Å². The molecule has 1 saturated heterocycles. The van der Waals surface area contributed by atoms with E-state index >= 15 is 0 Å². The van der Waals surface area contributed by atoms with E-state index in [4.69, 9.17) is 4.74 Å². The molecule has 1 N–H and O–H groups in total. The van der Waals surface area contributed by atoms with Gasteiger partial charge in [0.1, 0.15) is 0 Å². The number of rotatable bonds is 6. The molecule has 0 aromatic carbocycles. The molecule has 0 bridgehead atoms. The zero-order valence-electron chi connectivity index (χ0n) is 10.5. The Bertz CT molecular complexity index is 201. The predicted octanol–water partition coefficient (Wildman–Crippen LogP) is 1.85. The Morgan fingerprint density at radius 3 is 2.69 bits per heavy atom. The summed E-state index contributed by atoms with van der Waals surface area (Å²) in [5.41, 5.74) is 0. The first-order valence-electron chi connectivity index (χ1n) is 6.31. The molecule has 0 aliphatic carbocycles. The van der Waals surface area contributed by atoms with Crippen molar-refractivity contribution in [1.82, 2.24) is 10.2 Å². The smallest absolute Gasteiger partial charge is 0.407 e. The van der Waals surface area contributed by atoms with Crippen molar-refractivity contribution >= 4 is 6.09 Å². The van der Waals surface area contributed by atoms with Gasteiger partial charge in [0.05, 0.1) is 6.61 Å². The molecule has 0 spiro atoms. The van der Waals surface area contributed by atoms with Crippen LogP contribution < -0.4 is 5.32 Å². The highest BCUT2D eigenvalue weighted by Gasteiger charge is 2.10. The lowest BCUT2D eigenvalue weighted by Crippen LogP contribution is -2.29. The normalized spacial score (nSPS) is 16.7. The number of likely N-dealkylation sites (tertiary alicyclic amines) is 1. The second-order valence-corrected chi connectivity index (χ2v) is 4.82. The Labute approximate surface area is 98.3 Å². The van der Waals surface area contributed by atoms with Crippen molar-refractivity contribution in [1.29, 1.82) is 0 Å². The first-order valence-corrected chi connectivity index (χ1v) is 6.31.